The number of carbonyl (C=O) groups excluding carboxylic acids is 1. The number of carboxylic acids is 1. The first kappa shape index (κ1) is 15.6. The summed E-state index contributed by atoms with van der Waals surface area (Å²) in [7, 11) is 0. The molecule has 1 aromatic rings. The Balaban J connectivity index is 1.99. The van der Waals surface area contributed by atoms with Crippen LogP contribution in [0.5, 0.6) is 5.75 Å². The van der Waals surface area contributed by atoms with E-state index in [1.165, 1.54) is 0 Å². The Bertz CT molecular complexity index is 569. The second-order valence-corrected chi connectivity index (χ2v) is 5.81. The predicted octanol–water partition coefficient (Wildman–Crippen LogP) is 2.54. The van der Waals surface area contributed by atoms with Gasteiger partial charge in [-0.05, 0) is 56.9 Å². The molecule has 0 spiro atoms. The van der Waals surface area contributed by atoms with Crippen LogP contribution in [0.1, 0.15) is 31.7 Å². The molecule has 114 valence electrons. The van der Waals surface area contributed by atoms with Gasteiger partial charge in [-0.3, -0.25) is 4.79 Å². The molecular formula is C15H18ClNO4. The van der Waals surface area contributed by atoms with Gasteiger partial charge in [0.1, 0.15) is 11.3 Å². The molecule has 1 aliphatic carbocycles. The second-order valence-electron chi connectivity index (χ2n) is 5.40. The summed E-state index contributed by atoms with van der Waals surface area (Å²) in [5, 5.41) is 12.4. The number of carbonyl (C=O) groups is 2. The van der Waals surface area contributed by atoms with Crippen molar-refractivity contribution >= 4 is 23.5 Å². The Labute approximate surface area is 128 Å². The van der Waals surface area contributed by atoms with Gasteiger partial charge in [0.05, 0.1) is 0 Å². The van der Waals surface area contributed by atoms with Crippen molar-refractivity contribution in [2.24, 2.45) is 0 Å². The summed E-state index contributed by atoms with van der Waals surface area (Å²) in [6, 6.07) is 5.11. The normalized spacial score (nSPS) is 17.5. The molecule has 1 saturated carbocycles. The molecule has 2 N–H and O–H groups in total. The first-order valence-electron chi connectivity index (χ1n) is 6.82. The van der Waals surface area contributed by atoms with Gasteiger partial charge in [-0.15, -0.1) is 0 Å². The van der Waals surface area contributed by atoms with Crippen LogP contribution in [0.2, 0.25) is 5.02 Å². The third-order valence-electron chi connectivity index (χ3n) is 3.79. The molecule has 0 saturated heterocycles. The maximum Gasteiger partial charge on any atom is 0.329 e. The van der Waals surface area contributed by atoms with Crippen molar-refractivity contribution in [2.45, 2.75) is 44.8 Å². The number of carboxylic acid groups (broad SMARTS) is 1. The van der Waals surface area contributed by atoms with E-state index in [0.29, 0.717) is 23.6 Å². The fraction of sp³-hybridized carbons (Fsp3) is 0.467. The SMILES string of the molecule is Cc1cc(OC(C)C(=O)NC2(C(=O)O)CCC2)ccc1Cl. The van der Waals surface area contributed by atoms with Crippen LogP contribution in [0.25, 0.3) is 0 Å². The lowest BCUT2D eigenvalue weighted by Gasteiger charge is -2.38. The standard InChI is InChI=1S/C15H18ClNO4/c1-9-8-11(4-5-12(9)16)21-10(2)13(18)17-15(14(19)20)6-3-7-15/h4-5,8,10H,3,6-7H2,1-2H3,(H,17,18)(H,19,20). The van der Waals surface area contributed by atoms with E-state index in [0.717, 1.165) is 12.0 Å². The third-order valence-corrected chi connectivity index (χ3v) is 4.21. The monoisotopic (exact) mass is 311 g/mol. The van der Waals surface area contributed by atoms with Crippen molar-refractivity contribution in [3.63, 3.8) is 0 Å². The Kier molecular flexibility index (Phi) is 4.42. The first-order chi connectivity index (χ1) is 9.84. The smallest absolute Gasteiger partial charge is 0.329 e. The number of benzene rings is 1. The number of nitrogens with one attached hydrogen (secondary N) is 1. The summed E-state index contributed by atoms with van der Waals surface area (Å²) in [5.74, 6) is -0.890. The van der Waals surface area contributed by atoms with Gasteiger partial charge in [0.2, 0.25) is 0 Å². The minimum absolute atomic E-state index is 0.426. The van der Waals surface area contributed by atoms with Gasteiger partial charge < -0.3 is 15.2 Å². The molecule has 0 radical (unpaired) electrons. The number of halogens is 1. The Hall–Kier alpha value is -1.75. The molecule has 21 heavy (non-hydrogen) atoms. The van der Waals surface area contributed by atoms with Crippen molar-refractivity contribution in [3.05, 3.63) is 28.8 Å². The average molecular weight is 312 g/mol. The van der Waals surface area contributed by atoms with Crippen molar-refractivity contribution in [1.82, 2.24) is 5.32 Å². The van der Waals surface area contributed by atoms with E-state index < -0.39 is 23.5 Å². The number of aryl methyl sites for hydroxylation is 1. The van der Waals surface area contributed by atoms with E-state index in [-0.39, 0.29) is 0 Å². The third kappa shape index (κ3) is 3.29. The second kappa shape index (κ2) is 5.93. The lowest BCUT2D eigenvalue weighted by molar-refractivity contribution is -0.152. The van der Waals surface area contributed by atoms with Gasteiger partial charge >= 0.3 is 5.97 Å². The zero-order chi connectivity index (χ0) is 15.6. The summed E-state index contributed by atoms with van der Waals surface area (Å²) in [6.45, 7) is 3.43. The quantitative estimate of drug-likeness (QED) is 0.876. The number of aliphatic carboxylic acids is 1. The van der Waals surface area contributed by atoms with Crippen molar-refractivity contribution in [2.75, 3.05) is 0 Å². The highest BCUT2D eigenvalue weighted by Gasteiger charge is 2.46. The molecule has 0 bridgehead atoms. The topological polar surface area (TPSA) is 75.6 Å². The van der Waals surface area contributed by atoms with E-state index in [1.807, 2.05) is 6.92 Å². The largest absolute Gasteiger partial charge is 0.481 e. The molecule has 0 aromatic heterocycles. The van der Waals surface area contributed by atoms with Gasteiger partial charge in [-0.1, -0.05) is 11.6 Å². The highest BCUT2D eigenvalue weighted by Crippen LogP contribution is 2.32. The van der Waals surface area contributed by atoms with Crippen LogP contribution < -0.4 is 10.1 Å². The molecule has 1 aromatic carbocycles. The van der Waals surface area contributed by atoms with E-state index in [2.05, 4.69) is 5.32 Å². The summed E-state index contributed by atoms with van der Waals surface area (Å²) < 4.78 is 5.54. The van der Waals surface area contributed by atoms with E-state index in [1.54, 1.807) is 25.1 Å². The molecule has 0 heterocycles. The summed E-state index contributed by atoms with van der Waals surface area (Å²) in [5.41, 5.74) is -0.271. The molecule has 1 aliphatic rings. The minimum Gasteiger partial charge on any atom is -0.481 e. The fourth-order valence-corrected chi connectivity index (χ4v) is 2.33. The first-order valence-corrected chi connectivity index (χ1v) is 7.20. The Morgan fingerprint density at radius 2 is 2.10 bits per heavy atom. The van der Waals surface area contributed by atoms with Crippen molar-refractivity contribution < 1.29 is 19.4 Å². The molecule has 2 rings (SSSR count). The molecule has 1 amide bonds. The number of amides is 1. The fourth-order valence-electron chi connectivity index (χ4n) is 2.21. The number of hydrogen-bond acceptors (Lipinski definition) is 3. The lowest BCUT2D eigenvalue weighted by Crippen LogP contribution is -2.61. The molecule has 1 unspecified atom stereocenters. The van der Waals surface area contributed by atoms with E-state index in [4.69, 9.17) is 16.3 Å². The predicted molar refractivity (Wildman–Crippen MR) is 78.6 cm³/mol. The van der Waals surface area contributed by atoms with Crippen LogP contribution in [-0.4, -0.2) is 28.6 Å². The molecule has 6 heteroatoms. The molecule has 1 atom stereocenters. The highest BCUT2D eigenvalue weighted by atomic mass is 35.5. The zero-order valence-electron chi connectivity index (χ0n) is 12.0. The van der Waals surface area contributed by atoms with Gasteiger partial charge in [0, 0.05) is 5.02 Å². The lowest BCUT2D eigenvalue weighted by atomic mass is 9.76. The number of hydrogen-bond donors (Lipinski definition) is 2. The van der Waals surface area contributed by atoms with Crippen LogP contribution in [0.15, 0.2) is 18.2 Å². The van der Waals surface area contributed by atoms with Gasteiger partial charge in [-0.2, -0.15) is 0 Å². The van der Waals surface area contributed by atoms with Crippen molar-refractivity contribution in [3.8, 4) is 5.75 Å². The van der Waals surface area contributed by atoms with Gasteiger partial charge in [0.25, 0.3) is 5.91 Å². The molecule has 1 fully saturated rings. The van der Waals surface area contributed by atoms with Crippen LogP contribution in [0.4, 0.5) is 0 Å². The molecule has 0 aliphatic heterocycles. The average Bonchev–Trinajstić information content (AvgIpc) is 2.37. The van der Waals surface area contributed by atoms with Crippen LogP contribution in [-0.2, 0) is 9.59 Å². The summed E-state index contributed by atoms with van der Waals surface area (Å²) in [4.78, 5) is 23.3. The van der Waals surface area contributed by atoms with Crippen LogP contribution in [0, 0.1) is 6.92 Å². The minimum atomic E-state index is -1.12. The highest BCUT2D eigenvalue weighted by molar-refractivity contribution is 6.31. The van der Waals surface area contributed by atoms with Gasteiger partial charge in [0.15, 0.2) is 6.10 Å². The maximum atomic E-state index is 12.1. The van der Waals surface area contributed by atoms with E-state index >= 15 is 0 Å². The zero-order valence-corrected chi connectivity index (χ0v) is 12.7. The summed E-state index contributed by atoms with van der Waals surface area (Å²) >= 11 is 5.93. The Morgan fingerprint density at radius 3 is 2.57 bits per heavy atom. The molecule has 5 nitrogen and oxygen atoms in total. The van der Waals surface area contributed by atoms with Crippen molar-refractivity contribution in [1.29, 1.82) is 0 Å². The maximum absolute atomic E-state index is 12.1. The summed E-state index contributed by atoms with van der Waals surface area (Å²) in [6.07, 6.45) is 0.947. The number of rotatable bonds is 5. The van der Waals surface area contributed by atoms with Gasteiger partial charge in [-0.25, -0.2) is 4.79 Å². The molecular weight excluding hydrogens is 294 g/mol. The van der Waals surface area contributed by atoms with Crippen LogP contribution >= 0.6 is 11.6 Å². The number of ether oxygens (including phenoxy) is 1. The van der Waals surface area contributed by atoms with Crippen LogP contribution in [0.3, 0.4) is 0 Å². The Morgan fingerprint density at radius 1 is 1.43 bits per heavy atom. The van der Waals surface area contributed by atoms with E-state index in [9.17, 15) is 14.7 Å².